The Morgan fingerprint density at radius 3 is 2.48 bits per heavy atom. The van der Waals surface area contributed by atoms with Gasteiger partial charge in [0.15, 0.2) is 0 Å². The van der Waals surface area contributed by atoms with Gasteiger partial charge in [0.2, 0.25) is 0 Å². The third kappa shape index (κ3) is 5.00. The van der Waals surface area contributed by atoms with Gasteiger partial charge in [-0.15, -0.1) is 0 Å². The SMILES string of the molecule is CCCn1nc(C(=O)N[C@@H](CC(=O)O)c2ccc(C)cc2)ccc1=O. The second-order valence-corrected chi connectivity index (χ2v) is 5.81. The molecule has 0 unspecified atom stereocenters. The Morgan fingerprint density at radius 2 is 1.88 bits per heavy atom. The molecule has 1 heterocycles. The molecule has 0 saturated carbocycles. The first-order valence-electron chi connectivity index (χ1n) is 8.08. The van der Waals surface area contributed by atoms with Gasteiger partial charge in [-0.25, -0.2) is 4.68 Å². The lowest BCUT2D eigenvalue weighted by Gasteiger charge is -2.17. The van der Waals surface area contributed by atoms with E-state index in [9.17, 15) is 14.4 Å². The van der Waals surface area contributed by atoms with E-state index in [1.807, 2.05) is 26.0 Å². The number of aryl methyl sites for hydroxylation is 2. The highest BCUT2D eigenvalue weighted by molar-refractivity contribution is 5.92. The average Bonchev–Trinajstić information content (AvgIpc) is 2.56. The number of carboxylic acids is 1. The van der Waals surface area contributed by atoms with E-state index in [1.165, 1.54) is 16.8 Å². The molecule has 0 aliphatic rings. The quantitative estimate of drug-likeness (QED) is 0.799. The van der Waals surface area contributed by atoms with Crippen molar-refractivity contribution in [3.05, 3.63) is 63.6 Å². The molecule has 2 N–H and O–H groups in total. The third-order valence-corrected chi connectivity index (χ3v) is 3.70. The lowest BCUT2D eigenvalue weighted by molar-refractivity contribution is -0.137. The van der Waals surface area contributed by atoms with Crippen molar-refractivity contribution in [1.82, 2.24) is 15.1 Å². The molecule has 0 bridgehead atoms. The average molecular weight is 343 g/mol. The van der Waals surface area contributed by atoms with Gasteiger partial charge >= 0.3 is 5.97 Å². The number of carbonyl (C=O) groups is 2. The van der Waals surface area contributed by atoms with Crippen molar-refractivity contribution in [3.63, 3.8) is 0 Å². The smallest absolute Gasteiger partial charge is 0.305 e. The number of hydrogen-bond acceptors (Lipinski definition) is 4. The van der Waals surface area contributed by atoms with Crippen LogP contribution in [0.5, 0.6) is 0 Å². The zero-order chi connectivity index (χ0) is 18.4. The summed E-state index contributed by atoms with van der Waals surface area (Å²) in [4.78, 5) is 35.3. The van der Waals surface area contributed by atoms with Crippen LogP contribution < -0.4 is 10.9 Å². The lowest BCUT2D eigenvalue weighted by Crippen LogP contribution is -2.33. The topological polar surface area (TPSA) is 101 Å². The van der Waals surface area contributed by atoms with Gasteiger partial charge in [0.05, 0.1) is 12.5 Å². The summed E-state index contributed by atoms with van der Waals surface area (Å²) in [7, 11) is 0. The maximum absolute atomic E-state index is 12.5. The first-order valence-corrected chi connectivity index (χ1v) is 8.08. The number of carbonyl (C=O) groups excluding carboxylic acids is 1. The van der Waals surface area contributed by atoms with Crippen molar-refractivity contribution < 1.29 is 14.7 Å². The fraction of sp³-hybridized carbons (Fsp3) is 0.333. The molecule has 1 amide bonds. The van der Waals surface area contributed by atoms with E-state index < -0.39 is 17.9 Å². The summed E-state index contributed by atoms with van der Waals surface area (Å²) in [5, 5.41) is 15.9. The fourth-order valence-electron chi connectivity index (χ4n) is 2.40. The molecule has 1 aromatic heterocycles. The Kier molecular flexibility index (Phi) is 6.05. The van der Waals surface area contributed by atoms with E-state index in [0.29, 0.717) is 18.5 Å². The molecule has 0 radical (unpaired) electrons. The van der Waals surface area contributed by atoms with Gasteiger partial charge in [-0.3, -0.25) is 14.4 Å². The summed E-state index contributed by atoms with van der Waals surface area (Å²) in [5.74, 6) is -1.54. The Hall–Kier alpha value is -2.96. The second kappa shape index (κ2) is 8.23. The van der Waals surface area contributed by atoms with Crippen molar-refractivity contribution in [2.24, 2.45) is 0 Å². The second-order valence-electron chi connectivity index (χ2n) is 5.81. The molecule has 2 aromatic rings. The van der Waals surface area contributed by atoms with E-state index in [0.717, 1.165) is 5.56 Å². The minimum absolute atomic E-state index is 0.0792. The van der Waals surface area contributed by atoms with Crippen LogP contribution in [0.15, 0.2) is 41.2 Å². The molecule has 1 aromatic carbocycles. The predicted molar refractivity (Wildman–Crippen MR) is 92.4 cm³/mol. The van der Waals surface area contributed by atoms with Crippen LogP contribution >= 0.6 is 0 Å². The molecular formula is C18H21N3O4. The normalized spacial score (nSPS) is 11.8. The van der Waals surface area contributed by atoms with Crippen LogP contribution in [0.25, 0.3) is 0 Å². The minimum Gasteiger partial charge on any atom is -0.481 e. The zero-order valence-corrected chi connectivity index (χ0v) is 14.2. The maximum atomic E-state index is 12.5. The summed E-state index contributed by atoms with van der Waals surface area (Å²) >= 11 is 0. The number of aromatic nitrogens is 2. The molecule has 2 rings (SSSR count). The molecule has 0 fully saturated rings. The molecule has 7 heteroatoms. The maximum Gasteiger partial charge on any atom is 0.305 e. The highest BCUT2D eigenvalue weighted by Crippen LogP contribution is 2.18. The van der Waals surface area contributed by atoms with Crippen LogP contribution in [-0.2, 0) is 11.3 Å². The Balaban J connectivity index is 2.24. The molecule has 1 atom stereocenters. The lowest BCUT2D eigenvalue weighted by atomic mass is 10.0. The van der Waals surface area contributed by atoms with Crippen LogP contribution in [-0.4, -0.2) is 26.8 Å². The van der Waals surface area contributed by atoms with Crippen LogP contribution in [0.1, 0.15) is 47.4 Å². The monoisotopic (exact) mass is 343 g/mol. The number of aliphatic carboxylic acids is 1. The van der Waals surface area contributed by atoms with Crippen LogP contribution in [0.4, 0.5) is 0 Å². The number of benzene rings is 1. The standard InChI is InChI=1S/C18H21N3O4/c1-3-10-21-16(22)9-8-14(20-21)18(25)19-15(11-17(23)24)13-6-4-12(2)5-7-13/h4-9,15H,3,10-11H2,1-2H3,(H,19,25)(H,23,24)/t15-/m0/s1. The third-order valence-electron chi connectivity index (χ3n) is 3.70. The van der Waals surface area contributed by atoms with Crippen LogP contribution in [0.3, 0.4) is 0 Å². The zero-order valence-electron chi connectivity index (χ0n) is 14.2. The van der Waals surface area contributed by atoms with E-state index in [4.69, 9.17) is 5.11 Å². The van der Waals surface area contributed by atoms with Crippen molar-refractivity contribution >= 4 is 11.9 Å². The summed E-state index contributed by atoms with van der Waals surface area (Å²) < 4.78 is 1.23. The van der Waals surface area contributed by atoms with Crippen LogP contribution in [0, 0.1) is 6.92 Å². The van der Waals surface area contributed by atoms with Gasteiger partial charge in [-0.2, -0.15) is 5.10 Å². The Labute approximate surface area is 145 Å². The Morgan fingerprint density at radius 1 is 1.20 bits per heavy atom. The number of amides is 1. The van der Waals surface area contributed by atoms with Crippen LogP contribution in [0.2, 0.25) is 0 Å². The molecular weight excluding hydrogens is 322 g/mol. The highest BCUT2D eigenvalue weighted by atomic mass is 16.4. The molecule has 0 aliphatic heterocycles. The van der Waals surface area contributed by atoms with Gasteiger partial charge in [0.25, 0.3) is 11.5 Å². The summed E-state index contributed by atoms with van der Waals surface area (Å²) in [6, 6.07) is 9.24. The summed E-state index contributed by atoms with van der Waals surface area (Å²) in [6.07, 6.45) is 0.465. The number of nitrogens with zero attached hydrogens (tertiary/aromatic N) is 2. The van der Waals surface area contributed by atoms with Crippen molar-refractivity contribution in [2.75, 3.05) is 0 Å². The molecule has 0 spiro atoms. The highest BCUT2D eigenvalue weighted by Gasteiger charge is 2.20. The van der Waals surface area contributed by atoms with Gasteiger partial charge < -0.3 is 10.4 Å². The van der Waals surface area contributed by atoms with Crippen molar-refractivity contribution in [2.45, 2.75) is 39.3 Å². The van der Waals surface area contributed by atoms with Crippen molar-refractivity contribution in [1.29, 1.82) is 0 Å². The molecule has 25 heavy (non-hydrogen) atoms. The molecule has 7 nitrogen and oxygen atoms in total. The van der Waals surface area contributed by atoms with Gasteiger partial charge in [-0.1, -0.05) is 36.8 Å². The predicted octanol–water partition coefficient (Wildman–Crippen LogP) is 1.91. The molecule has 0 saturated heterocycles. The first-order chi connectivity index (χ1) is 11.9. The van der Waals surface area contributed by atoms with Gasteiger partial charge in [0.1, 0.15) is 5.69 Å². The number of rotatable bonds is 7. The number of hydrogen-bond donors (Lipinski definition) is 2. The van der Waals surface area contributed by atoms with E-state index >= 15 is 0 Å². The number of carboxylic acid groups (broad SMARTS) is 1. The summed E-state index contributed by atoms with van der Waals surface area (Å²) in [6.45, 7) is 4.24. The molecule has 0 aliphatic carbocycles. The van der Waals surface area contributed by atoms with Crippen molar-refractivity contribution in [3.8, 4) is 0 Å². The Bertz CT molecular complexity index is 812. The van der Waals surface area contributed by atoms with E-state index in [2.05, 4.69) is 10.4 Å². The largest absolute Gasteiger partial charge is 0.481 e. The van der Waals surface area contributed by atoms with Gasteiger partial charge in [-0.05, 0) is 25.0 Å². The number of nitrogens with one attached hydrogen (secondary N) is 1. The fourth-order valence-corrected chi connectivity index (χ4v) is 2.40. The minimum atomic E-state index is -1.02. The van der Waals surface area contributed by atoms with E-state index in [1.54, 1.807) is 12.1 Å². The first kappa shape index (κ1) is 18.4. The summed E-state index contributed by atoms with van der Waals surface area (Å²) in [5.41, 5.74) is 1.54. The van der Waals surface area contributed by atoms with E-state index in [-0.39, 0.29) is 17.7 Å². The molecule has 132 valence electrons. The van der Waals surface area contributed by atoms with Gasteiger partial charge in [0, 0.05) is 12.6 Å².